The highest BCUT2D eigenvalue weighted by molar-refractivity contribution is 6.31. The highest BCUT2D eigenvalue weighted by Gasteiger charge is 2.33. The van der Waals surface area contributed by atoms with Crippen molar-refractivity contribution >= 4 is 17.5 Å². The van der Waals surface area contributed by atoms with Crippen LogP contribution in [0.3, 0.4) is 0 Å². The number of halogens is 2. The molecular formula is C16H20ClFN2O. The Hall–Kier alpha value is -1.13. The number of nitrogens with zero attached hydrogens (tertiary/aromatic N) is 1. The van der Waals surface area contributed by atoms with Crippen LogP contribution in [-0.2, 0) is 11.3 Å². The first-order valence-electron chi connectivity index (χ1n) is 7.58. The van der Waals surface area contributed by atoms with Crippen LogP contribution in [0.4, 0.5) is 4.39 Å². The molecular weight excluding hydrogens is 291 g/mol. The SMILES string of the molecule is O=C(CNCC1CC1)N(Cc1c(F)cccc1Cl)C1CC1. The monoisotopic (exact) mass is 310 g/mol. The molecule has 0 bridgehead atoms. The zero-order valence-corrected chi connectivity index (χ0v) is 12.7. The Morgan fingerprint density at radius 3 is 2.71 bits per heavy atom. The van der Waals surface area contributed by atoms with Gasteiger partial charge in [-0.05, 0) is 50.3 Å². The Balaban J connectivity index is 1.62. The highest BCUT2D eigenvalue weighted by atomic mass is 35.5. The third-order valence-corrected chi connectivity index (χ3v) is 4.46. The first-order chi connectivity index (χ1) is 10.1. The average molecular weight is 311 g/mol. The number of rotatable bonds is 7. The number of nitrogens with one attached hydrogen (secondary N) is 1. The zero-order chi connectivity index (χ0) is 14.8. The van der Waals surface area contributed by atoms with E-state index in [-0.39, 0.29) is 24.3 Å². The van der Waals surface area contributed by atoms with Crippen LogP contribution in [0.25, 0.3) is 0 Å². The summed E-state index contributed by atoms with van der Waals surface area (Å²) in [5.41, 5.74) is 0.418. The maximum Gasteiger partial charge on any atom is 0.237 e. The van der Waals surface area contributed by atoms with Gasteiger partial charge in [0.05, 0.1) is 13.1 Å². The largest absolute Gasteiger partial charge is 0.334 e. The van der Waals surface area contributed by atoms with Gasteiger partial charge in [0, 0.05) is 16.6 Å². The number of carbonyl (C=O) groups is 1. The molecule has 1 N–H and O–H groups in total. The smallest absolute Gasteiger partial charge is 0.237 e. The van der Waals surface area contributed by atoms with Gasteiger partial charge in [-0.2, -0.15) is 0 Å². The second-order valence-corrected chi connectivity index (χ2v) is 6.43. The third kappa shape index (κ3) is 3.95. The molecule has 5 heteroatoms. The van der Waals surface area contributed by atoms with Crippen LogP contribution in [0.15, 0.2) is 18.2 Å². The first-order valence-corrected chi connectivity index (χ1v) is 7.96. The molecule has 0 saturated heterocycles. The van der Waals surface area contributed by atoms with E-state index in [0.717, 1.165) is 25.3 Å². The van der Waals surface area contributed by atoms with E-state index in [1.165, 1.54) is 18.9 Å². The van der Waals surface area contributed by atoms with Crippen molar-refractivity contribution in [1.29, 1.82) is 0 Å². The summed E-state index contributed by atoms with van der Waals surface area (Å²) in [4.78, 5) is 14.1. The predicted molar refractivity (Wildman–Crippen MR) is 80.6 cm³/mol. The molecule has 0 aliphatic heterocycles. The lowest BCUT2D eigenvalue weighted by Gasteiger charge is -2.23. The molecule has 0 heterocycles. The van der Waals surface area contributed by atoms with E-state index in [4.69, 9.17) is 11.6 Å². The molecule has 0 atom stereocenters. The van der Waals surface area contributed by atoms with Crippen molar-refractivity contribution in [2.24, 2.45) is 5.92 Å². The van der Waals surface area contributed by atoms with Crippen LogP contribution in [0.1, 0.15) is 31.2 Å². The first kappa shape index (κ1) is 14.8. The summed E-state index contributed by atoms with van der Waals surface area (Å²) in [6, 6.07) is 4.89. The molecule has 1 aromatic carbocycles. The fraction of sp³-hybridized carbons (Fsp3) is 0.562. The molecule has 0 aromatic heterocycles. The number of hydrogen-bond donors (Lipinski definition) is 1. The molecule has 2 aliphatic rings. The number of benzene rings is 1. The average Bonchev–Trinajstić information content (AvgIpc) is 3.32. The summed E-state index contributed by atoms with van der Waals surface area (Å²) in [5.74, 6) is 0.442. The van der Waals surface area contributed by atoms with Gasteiger partial charge in [-0.25, -0.2) is 4.39 Å². The Bertz CT molecular complexity index is 509. The summed E-state index contributed by atoms with van der Waals surface area (Å²) in [5, 5.41) is 3.60. The van der Waals surface area contributed by atoms with E-state index >= 15 is 0 Å². The zero-order valence-electron chi connectivity index (χ0n) is 11.9. The van der Waals surface area contributed by atoms with Crippen LogP contribution in [0.5, 0.6) is 0 Å². The maximum atomic E-state index is 13.9. The van der Waals surface area contributed by atoms with Crippen LogP contribution < -0.4 is 5.32 Å². The summed E-state index contributed by atoms with van der Waals surface area (Å²) in [6.45, 7) is 1.50. The van der Waals surface area contributed by atoms with Crippen molar-refractivity contribution in [2.75, 3.05) is 13.1 Å². The minimum Gasteiger partial charge on any atom is -0.334 e. The predicted octanol–water partition coefficient (Wildman–Crippen LogP) is 2.97. The molecule has 2 fully saturated rings. The molecule has 1 amide bonds. The van der Waals surface area contributed by atoms with Crippen LogP contribution >= 0.6 is 11.6 Å². The van der Waals surface area contributed by atoms with Crippen LogP contribution in [0.2, 0.25) is 5.02 Å². The molecule has 3 nitrogen and oxygen atoms in total. The highest BCUT2D eigenvalue weighted by Crippen LogP contribution is 2.31. The van der Waals surface area contributed by atoms with Gasteiger partial charge in [-0.1, -0.05) is 17.7 Å². The molecule has 3 rings (SSSR count). The van der Waals surface area contributed by atoms with Crippen LogP contribution in [0, 0.1) is 11.7 Å². The summed E-state index contributed by atoms with van der Waals surface area (Å²) < 4.78 is 13.9. The molecule has 0 spiro atoms. The van der Waals surface area contributed by atoms with E-state index in [9.17, 15) is 9.18 Å². The Morgan fingerprint density at radius 2 is 2.10 bits per heavy atom. The van der Waals surface area contributed by atoms with E-state index in [2.05, 4.69) is 5.32 Å². The maximum absolute atomic E-state index is 13.9. The number of hydrogen-bond acceptors (Lipinski definition) is 2. The Kier molecular flexibility index (Phi) is 4.45. The van der Waals surface area contributed by atoms with Gasteiger partial charge >= 0.3 is 0 Å². The Morgan fingerprint density at radius 1 is 1.33 bits per heavy atom. The second kappa shape index (κ2) is 6.32. The van der Waals surface area contributed by atoms with Gasteiger partial charge < -0.3 is 10.2 Å². The summed E-state index contributed by atoms with van der Waals surface area (Å²) >= 11 is 6.06. The van der Waals surface area contributed by atoms with Gasteiger partial charge in [0.25, 0.3) is 0 Å². The quantitative estimate of drug-likeness (QED) is 0.840. The van der Waals surface area contributed by atoms with Gasteiger partial charge in [-0.3, -0.25) is 4.79 Å². The molecule has 114 valence electrons. The summed E-state index contributed by atoms with van der Waals surface area (Å²) in [6.07, 6.45) is 4.53. The molecule has 2 aliphatic carbocycles. The molecule has 1 aromatic rings. The van der Waals surface area contributed by atoms with Gasteiger partial charge in [0.15, 0.2) is 0 Å². The van der Waals surface area contributed by atoms with Crippen molar-refractivity contribution in [3.8, 4) is 0 Å². The summed E-state index contributed by atoms with van der Waals surface area (Å²) in [7, 11) is 0. The minimum absolute atomic E-state index is 0.0393. The fourth-order valence-electron chi connectivity index (χ4n) is 2.47. The lowest BCUT2D eigenvalue weighted by molar-refractivity contribution is -0.131. The van der Waals surface area contributed by atoms with Crippen molar-refractivity contribution in [3.05, 3.63) is 34.6 Å². The third-order valence-electron chi connectivity index (χ3n) is 4.10. The van der Waals surface area contributed by atoms with E-state index < -0.39 is 0 Å². The lowest BCUT2D eigenvalue weighted by atomic mass is 10.2. The normalized spacial score (nSPS) is 17.8. The standard InChI is InChI=1S/C16H20ClFN2O/c17-14-2-1-3-15(18)13(14)10-20(12-6-7-12)16(21)9-19-8-11-4-5-11/h1-3,11-12,19H,4-10H2. The lowest BCUT2D eigenvalue weighted by Crippen LogP contribution is -2.40. The van der Waals surface area contributed by atoms with Crippen molar-refractivity contribution in [3.63, 3.8) is 0 Å². The number of amides is 1. The molecule has 0 unspecified atom stereocenters. The molecule has 21 heavy (non-hydrogen) atoms. The van der Waals surface area contributed by atoms with Gasteiger partial charge in [-0.15, -0.1) is 0 Å². The number of carbonyl (C=O) groups excluding carboxylic acids is 1. The minimum atomic E-state index is -0.341. The second-order valence-electron chi connectivity index (χ2n) is 6.03. The van der Waals surface area contributed by atoms with Gasteiger partial charge in [0.2, 0.25) is 5.91 Å². The fourth-order valence-corrected chi connectivity index (χ4v) is 2.69. The van der Waals surface area contributed by atoms with Crippen molar-refractivity contribution in [1.82, 2.24) is 10.2 Å². The van der Waals surface area contributed by atoms with E-state index in [1.54, 1.807) is 17.0 Å². The topological polar surface area (TPSA) is 32.3 Å². The van der Waals surface area contributed by atoms with Crippen molar-refractivity contribution < 1.29 is 9.18 Å². The van der Waals surface area contributed by atoms with Crippen LogP contribution in [-0.4, -0.2) is 29.9 Å². The molecule has 2 saturated carbocycles. The van der Waals surface area contributed by atoms with E-state index in [1.807, 2.05) is 0 Å². The van der Waals surface area contributed by atoms with Crippen molar-refractivity contribution in [2.45, 2.75) is 38.3 Å². The molecule has 0 radical (unpaired) electrons. The Labute approximate surface area is 129 Å². The van der Waals surface area contributed by atoms with E-state index in [0.29, 0.717) is 17.1 Å². The van der Waals surface area contributed by atoms with Gasteiger partial charge in [0.1, 0.15) is 5.82 Å².